The van der Waals surface area contributed by atoms with Gasteiger partial charge < -0.3 is 4.57 Å². The van der Waals surface area contributed by atoms with Gasteiger partial charge in [-0.2, -0.15) is 0 Å². The monoisotopic (exact) mass is 619 g/mol. The minimum absolute atomic E-state index is 0.0326. The molecule has 0 unspecified atom stereocenters. The SMILES string of the molecule is CC(C)(C)c1ccc(-c2ccc3c(c2C(C)(C)C)c2c(-c4cc(C(C)(C)C)cc(C(C)(C)C)c4)cccc2n3-c2ccccc2)cc1. The molecule has 1 nitrogen and oxygen atoms in total. The van der Waals surface area contributed by atoms with Crippen molar-refractivity contribution in [3.05, 3.63) is 125 Å². The number of fused-ring (bicyclic) bond motifs is 3. The third kappa shape index (κ3) is 6.06. The van der Waals surface area contributed by atoms with Gasteiger partial charge >= 0.3 is 0 Å². The lowest BCUT2D eigenvalue weighted by Gasteiger charge is -2.27. The number of aromatic nitrogens is 1. The highest BCUT2D eigenvalue weighted by atomic mass is 15.0. The molecule has 0 bridgehead atoms. The molecule has 1 heterocycles. The van der Waals surface area contributed by atoms with E-state index in [9.17, 15) is 0 Å². The zero-order valence-corrected chi connectivity index (χ0v) is 30.8. The number of nitrogens with zero attached hydrogens (tertiary/aromatic N) is 1. The van der Waals surface area contributed by atoms with E-state index in [1.807, 2.05) is 0 Å². The molecule has 0 aliphatic rings. The lowest BCUT2D eigenvalue weighted by atomic mass is 9.77. The predicted molar refractivity (Wildman–Crippen MR) is 206 cm³/mol. The minimum atomic E-state index is -0.107. The van der Waals surface area contributed by atoms with Crippen LogP contribution in [0, 0.1) is 0 Å². The van der Waals surface area contributed by atoms with Crippen molar-refractivity contribution < 1.29 is 0 Å². The summed E-state index contributed by atoms with van der Waals surface area (Å²) in [5, 5.41) is 2.68. The summed E-state index contributed by atoms with van der Waals surface area (Å²) < 4.78 is 2.48. The van der Waals surface area contributed by atoms with Gasteiger partial charge in [0, 0.05) is 16.5 Å². The highest BCUT2D eigenvalue weighted by Gasteiger charge is 2.29. The second kappa shape index (κ2) is 11.3. The van der Waals surface area contributed by atoms with Gasteiger partial charge in [-0.1, -0.05) is 162 Å². The highest BCUT2D eigenvalue weighted by Crippen LogP contribution is 2.47. The molecule has 47 heavy (non-hydrogen) atoms. The molecule has 6 rings (SSSR count). The Labute approximate surface area is 283 Å². The van der Waals surface area contributed by atoms with Gasteiger partial charge in [0.15, 0.2) is 0 Å². The Bertz CT molecular complexity index is 2040. The van der Waals surface area contributed by atoms with Gasteiger partial charge in [0.1, 0.15) is 0 Å². The predicted octanol–water partition coefficient (Wildman–Crippen LogP) is 13.3. The first kappa shape index (κ1) is 32.8. The Kier molecular flexibility index (Phi) is 7.86. The zero-order chi connectivity index (χ0) is 34.1. The molecule has 0 saturated carbocycles. The lowest BCUT2D eigenvalue weighted by molar-refractivity contribution is 0.569. The van der Waals surface area contributed by atoms with Crippen LogP contribution >= 0.6 is 0 Å². The molecule has 0 fully saturated rings. The van der Waals surface area contributed by atoms with Crippen molar-refractivity contribution in [2.75, 3.05) is 0 Å². The second-order valence-corrected chi connectivity index (χ2v) is 17.6. The van der Waals surface area contributed by atoms with Gasteiger partial charge in [0.05, 0.1) is 11.0 Å². The molecule has 0 radical (unpaired) electrons. The Morgan fingerprint density at radius 2 is 0.936 bits per heavy atom. The molecular weight excluding hydrogens is 567 g/mol. The molecular formula is C46H53N. The molecule has 0 aliphatic heterocycles. The van der Waals surface area contributed by atoms with E-state index < -0.39 is 0 Å². The van der Waals surface area contributed by atoms with Crippen molar-refractivity contribution in [1.82, 2.24) is 4.57 Å². The fourth-order valence-corrected chi connectivity index (χ4v) is 7.06. The Balaban J connectivity index is 1.79. The van der Waals surface area contributed by atoms with Crippen molar-refractivity contribution in [2.24, 2.45) is 0 Å². The standard InChI is InChI=1S/C46H53N/c1-43(2,3)32-23-21-30(22-24-32)37-25-26-39-41(42(37)46(10,11)12)40-36(19-16-20-38(40)47(39)35-17-14-13-15-18-35)31-27-33(44(4,5)6)29-34(28-31)45(7,8)9/h13-29H,1-12H3. The van der Waals surface area contributed by atoms with Crippen molar-refractivity contribution in [3.8, 4) is 27.9 Å². The Morgan fingerprint density at radius 3 is 1.47 bits per heavy atom. The summed E-state index contributed by atoms with van der Waals surface area (Å²) >= 11 is 0. The van der Waals surface area contributed by atoms with Crippen LogP contribution in [0.15, 0.2) is 103 Å². The van der Waals surface area contributed by atoms with Crippen LogP contribution in [0.1, 0.15) is 105 Å². The fraction of sp³-hybridized carbons (Fsp3) is 0.348. The quantitative estimate of drug-likeness (QED) is 0.186. The molecule has 0 spiro atoms. The topological polar surface area (TPSA) is 4.93 Å². The molecule has 0 aliphatic carbocycles. The summed E-state index contributed by atoms with van der Waals surface area (Å²) in [6.07, 6.45) is 0. The van der Waals surface area contributed by atoms with Crippen LogP contribution in [0.25, 0.3) is 49.7 Å². The summed E-state index contributed by atoms with van der Waals surface area (Å²) in [7, 11) is 0. The van der Waals surface area contributed by atoms with E-state index in [1.54, 1.807) is 0 Å². The molecule has 0 atom stereocenters. The Hall–Kier alpha value is -4.10. The van der Waals surface area contributed by atoms with Crippen LogP contribution in [0.3, 0.4) is 0 Å². The van der Waals surface area contributed by atoms with Gasteiger partial charge in [-0.05, 0) is 90.4 Å². The van der Waals surface area contributed by atoms with Gasteiger partial charge in [-0.3, -0.25) is 0 Å². The average molecular weight is 620 g/mol. The molecule has 0 amide bonds. The van der Waals surface area contributed by atoms with E-state index >= 15 is 0 Å². The van der Waals surface area contributed by atoms with E-state index in [-0.39, 0.29) is 21.7 Å². The molecule has 242 valence electrons. The first-order chi connectivity index (χ1) is 21.9. The first-order valence-electron chi connectivity index (χ1n) is 17.3. The van der Waals surface area contributed by atoms with E-state index in [1.165, 1.54) is 72.0 Å². The third-order valence-corrected chi connectivity index (χ3v) is 9.76. The van der Waals surface area contributed by atoms with Crippen LogP contribution in [-0.4, -0.2) is 4.57 Å². The maximum atomic E-state index is 2.48. The number of rotatable bonds is 3. The summed E-state index contributed by atoms with van der Waals surface area (Å²) in [5.74, 6) is 0. The normalized spacial score (nSPS) is 13.1. The van der Waals surface area contributed by atoms with Gasteiger partial charge in [-0.25, -0.2) is 0 Å². The highest BCUT2D eigenvalue weighted by molar-refractivity contribution is 6.18. The Morgan fingerprint density at radius 1 is 0.383 bits per heavy atom. The van der Waals surface area contributed by atoms with E-state index in [2.05, 4.69) is 191 Å². The van der Waals surface area contributed by atoms with Crippen LogP contribution in [0.4, 0.5) is 0 Å². The number of hydrogen-bond donors (Lipinski definition) is 0. The summed E-state index contributed by atoms with van der Waals surface area (Å²) in [5.41, 5.74) is 14.4. The smallest absolute Gasteiger partial charge is 0.0547 e. The van der Waals surface area contributed by atoms with Gasteiger partial charge in [0.25, 0.3) is 0 Å². The van der Waals surface area contributed by atoms with Gasteiger partial charge in [-0.15, -0.1) is 0 Å². The zero-order valence-electron chi connectivity index (χ0n) is 30.8. The van der Waals surface area contributed by atoms with E-state index in [0.717, 1.165) is 0 Å². The first-order valence-corrected chi connectivity index (χ1v) is 17.3. The largest absolute Gasteiger partial charge is 0.309 e. The molecule has 0 N–H and O–H groups in total. The van der Waals surface area contributed by atoms with Crippen LogP contribution < -0.4 is 0 Å². The van der Waals surface area contributed by atoms with Gasteiger partial charge in [0.2, 0.25) is 0 Å². The maximum Gasteiger partial charge on any atom is 0.0547 e. The minimum Gasteiger partial charge on any atom is -0.309 e. The van der Waals surface area contributed by atoms with Crippen molar-refractivity contribution >= 4 is 21.8 Å². The fourth-order valence-electron chi connectivity index (χ4n) is 7.06. The third-order valence-electron chi connectivity index (χ3n) is 9.76. The number of benzene rings is 5. The van der Waals surface area contributed by atoms with Crippen molar-refractivity contribution in [2.45, 2.75) is 105 Å². The molecule has 5 aromatic carbocycles. The molecule has 1 heteroatoms. The number of para-hydroxylation sites is 1. The van der Waals surface area contributed by atoms with Crippen LogP contribution in [-0.2, 0) is 21.7 Å². The lowest BCUT2D eigenvalue weighted by Crippen LogP contribution is -2.16. The number of hydrogen-bond acceptors (Lipinski definition) is 0. The maximum absolute atomic E-state index is 2.48. The van der Waals surface area contributed by atoms with Crippen LogP contribution in [0.2, 0.25) is 0 Å². The molecule has 6 aromatic rings. The molecule has 0 saturated heterocycles. The summed E-state index contributed by atoms with van der Waals surface area (Å²) in [6, 6.07) is 39.1. The summed E-state index contributed by atoms with van der Waals surface area (Å²) in [6.45, 7) is 28.0. The summed E-state index contributed by atoms with van der Waals surface area (Å²) in [4.78, 5) is 0. The second-order valence-electron chi connectivity index (χ2n) is 17.6. The van der Waals surface area contributed by atoms with E-state index in [4.69, 9.17) is 0 Å². The molecule has 1 aromatic heterocycles. The van der Waals surface area contributed by atoms with E-state index in [0.29, 0.717) is 0 Å². The van der Waals surface area contributed by atoms with Crippen LogP contribution in [0.5, 0.6) is 0 Å². The average Bonchev–Trinajstić information content (AvgIpc) is 3.33. The van der Waals surface area contributed by atoms with Crippen molar-refractivity contribution in [3.63, 3.8) is 0 Å². The van der Waals surface area contributed by atoms with Crippen molar-refractivity contribution in [1.29, 1.82) is 0 Å².